The molecule has 1 aromatic heterocycles. The minimum Gasteiger partial charge on any atom is -0.293 e. The first kappa shape index (κ1) is 11.0. The summed E-state index contributed by atoms with van der Waals surface area (Å²) in [5.74, 6) is -0.507. The lowest BCUT2D eigenvalue weighted by atomic mass is 10.1. The number of aromatic nitrogens is 2. The monoisotopic (exact) mass is 282 g/mol. The minimum atomic E-state index is -0.379. The number of nitrogens with one attached hydrogen (secondary N) is 1. The third-order valence-corrected chi connectivity index (χ3v) is 2.66. The number of aromatic amines is 1. The smallest absolute Gasteiger partial charge is 0.177 e. The molecule has 0 saturated carbocycles. The molecule has 0 aliphatic heterocycles. The molecule has 0 saturated heterocycles. The van der Waals surface area contributed by atoms with Crippen LogP contribution in [0.1, 0.15) is 17.4 Å². The molecule has 0 bridgehead atoms. The topological polar surface area (TPSA) is 45.8 Å². The number of hydrogen-bond acceptors (Lipinski definition) is 2. The Hall–Kier alpha value is -1.49. The predicted octanol–water partition coefficient (Wildman–Crippen LogP) is 3.18. The van der Waals surface area contributed by atoms with Crippen molar-refractivity contribution in [1.29, 1.82) is 0 Å². The van der Waals surface area contributed by atoms with E-state index in [0.717, 1.165) is 0 Å². The number of nitrogens with zero attached hydrogens (tertiary/aromatic N) is 1. The first-order valence-corrected chi connectivity index (χ1v) is 5.39. The van der Waals surface area contributed by atoms with E-state index in [-0.39, 0.29) is 11.6 Å². The summed E-state index contributed by atoms with van der Waals surface area (Å²) in [5.41, 5.74) is 1.17. The van der Waals surface area contributed by atoms with Crippen LogP contribution in [0.5, 0.6) is 0 Å². The number of benzene rings is 1. The summed E-state index contributed by atoms with van der Waals surface area (Å²) in [5, 5.41) is 6.46. The van der Waals surface area contributed by atoms with Crippen LogP contribution in [0.15, 0.2) is 28.7 Å². The van der Waals surface area contributed by atoms with Gasteiger partial charge < -0.3 is 0 Å². The Balaban J connectivity index is 2.46. The summed E-state index contributed by atoms with van der Waals surface area (Å²) in [6, 6.07) is 6.23. The van der Waals surface area contributed by atoms with Crippen molar-refractivity contribution in [2.45, 2.75) is 6.92 Å². The van der Waals surface area contributed by atoms with Crippen molar-refractivity contribution in [3.05, 3.63) is 40.2 Å². The van der Waals surface area contributed by atoms with Crippen molar-refractivity contribution < 1.29 is 9.18 Å². The van der Waals surface area contributed by atoms with E-state index in [2.05, 4.69) is 26.1 Å². The van der Waals surface area contributed by atoms with E-state index in [9.17, 15) is 9.18 Å². The summed E-state index contributed by atoms with van der Waals surface area (Å²) >= 11 is 3.17. The summed E-state index contributed by atoms with van der Waals surface area (Å²) in [7, 11) is 0. The number of ketones is 1. The average molecular weight is 283 g/mol. The second-order valence-electron chi connectivity index (χ2n) is 3.35. The highest BCUT2D eigenvalue weighted by molar-refractivity contribution is 9.10. The van der Waals surface area contributed by atoms with Gasteiger partial charge in [0.25, 0.3) is 0 Å². The normalized spacial score (nSPS) is 10.4. The molecule has 1 N–H and O–H groups in total. The maximum absolute atomic E-state index is 13.6. The molecule has 2 rings (SSSR count). The van der Waals surface area contributed by atoms with Crippen LogP contribution in [0.2, 0.25) is 0 Å². The molecule has 0 amide bonds. The van der Waals surface area contributed by atoms with Gasteiger partial charge >= 0.3 is 0 Å². The summed E-state index contributed by atoms with van der Waals surface area (Å²) in [6.07, 6.45) is 0. The maximum Gasteiger partial charge on any atom is 0.177 e. The molecule has 16 heavy (non-hydrogen) atoms. The molecule has 1 aromatic carbocycles. The Labute approximate surface area is 99.8 Å². The largest absolute Gasteiger partial charge is 0.293 e. The highest BCUT2D eigenvalue weighted by Crippen LogP contribution is 2.24. The molecular weight excluding hydrogens is 275 g/mol. The fourth-order valence-corrected chi connectivity index (χ4v) is 1.67. The van der Waals surface area contributed by atoms with Crippen LogP contribution < -0.4 is 0 Å². The first-order chi connectivity index (χ1) is 7.58. The molecule has 0 unspecified atom stereocenters. The van der Waals surface area contributed by atoms with Gasteiger partial charge in [0.05, 0.1) is 5.69 Å². The second-order valence-corrected chi connectivity index (χ2v) is 4.26. The standard InChI is InChI=1S/C11H8BrFN2O/c1-6(16)10-5-11(15-14-10)8-3-2-7(12)4-9(8)13/h2-5H,1H3,(H,14,15). The molecule has 0 radical (unpaired) electrons. The number of carbonyl (C=O) groups is 1. The lowest BCUT2D eigenvalue weighted by molar-refractivity contribution is 0.101. The fraction of sp³-hybridized carbons (Fsp3) is 0.0909. The van der Waals surface area contributed by atoms with Crippen LogP contribution >= 0.6 is 15.9 Å². The van der Waals surface area contributed by atoms with E-state index in [4.69, 9.17) is 0 Å². The lowest BCUT2D eigenvalue weighted by Crippen LogP contribution is -1.90. The van der Waals surface area contributed by atoms with Crippen molar-refractivity contribution in [3.63, 3.8) is 0 Å². The van der Waals surface area contributed by atoms with Crippen molar-refractivity contribution in [2.75, 3.05) is 0 Å². The zero-order valence-corrected chi connectivity index (χ0v) is 10.0. The van der Waals surface area contributed by atoms with Crippen molar-refractivity contribution in [1.82, 2.24) is 10.2 Å². The molecule has 0 aliphatic carbocycles. The van der Waals surface area contributed by atoms with E-state index in [1.807, 2.05) is 0 Å². The summed E-state index contributed by atoms with van der Waals surface area (Å²) in [6.45, 7) is 1.43. The number of halogens is 2. The van der Waals surface area contributed by atoms with Gasteiger partial charge in [0, 0.05) is 17.0 Å². The molecule has 2 aromatic rings. The van der Waals surface area contributed by atoms with Gasteiger partial charge in [-0.1, -0.05) is 15.9 Å². The van der Waals surface area contributed by atoms with Gasteiger partial charge in [-0.2, -0.15) is 5.10 Å². The molecule has 0 spiro atoms. The third kappa shape index (κ3) is 2.04. The third-order valence-electron chi connectivity index (χ3n) is 2.16. The van der Waals surface area contributed by atoms with E-state index in [1.54, 1.807) is 12.1 Å². The summed E-state index contributed by atoms with van der Waals surface area (Å²) < 4.78 is 14.2. The van der Waals surface area contributed by atoms with Gasteiger partial charge in [0.1, 0.15) is 11.5 Å². The lowest BCUT2D eigenvalue weighted by Gasteiger charge is -1.98. The Kier molecular flexibility index (Phi) is 2.87. The van der Waals surface area contributed by atoms with Crippen LogP contribution in [0.25, 0.3) is 11.3 Å². The second kappa shape index (κ2) is 4.17. The Morgan fingerprint density at radius 2 is 2.19 bits per heavy atom. The molecule has 0 fully saturated rings. The molecule has 5 heteroatoms. The fourth-order valence-electron chi connectivity index (χ4n) is 1.34. The van der Waals surface area contributed by atoms with E-state index < -0.39 is 0 Å². The van der Waals surface area contributed by atoms with Gasteiger partial charge in [-0.3, -0.25) is 9.89 Å². The molecule has 3 nitrogen and oxygen atoms in total. The van der Waals surface area contributed by atoms with Crippen LogP contribution in [-0.4, -0.2) is 16.0 Å². The van der Waals surface area contributed by atoms with Gasteiger partial charge in [0.15, 0.2) is 5.78 Å². The van der Waals surface area contributed by atoms with Crippen molar-refractivity contribution in [3.8, 4) is 11.3 Å². The maximum atomic E-state index is 13.6. The number of hydrogen-bond donors (Lipinski definition) is 1. The Bertz CT molecular complexity index is 551. The zero-order chi connectivity index (χ0) is 11.7. The van der Waals surface area contributed by atoms with Crippen LogP contribution in [-0.2, 0) is 0 Å². The minimum absolute atomic E-state index is 0.128. The van der Waals surface area contributed by atoms with E-state index >= 15 is 0 Å². The van der Waals surface area contributed by atoms with Crippen LogP contribution in [0, 0.1) is 5.82 Å². The molecule has 1 heterocycles. The predicted molar refractivity (Wildman–Crippen MR) is 61.7 cm³/mol. The summed E-state index contributed by atoms with van der Waals surface area (Å²) in [4.78, 5) is 11.1. The number of Topliss-reactive ketones (excluding diaryl/α,β-unsaturated/α-hetero) is 1. The zero-order valence-electron chi connectivity index (χ0n) is 8.42. The van der Waals surface area contributed by atoms with Crippen molar-refractivity contribution in [2.24, 2.45) is 0 Å². The molecule has 82 valence electrons. The van der Waals surface area contributed by atoms with Gasteiger partial charge in [0.2, 0.25) is 0 Å². The van der Waals surface area contributed by atoms with Crippen LogP contribution in [0.4, 0.5) is 4.39 Å². The van der Waals surface area contributed by atoms with Gasteiger partial charge in [-0.25, -0.2) is 4.39 Å². The molecular formula is C11H8BrFN2O. The highest BCUT2D eigenvalue weighted by atomic mass is 79.9. The molecule has 0 atom stereocenters. The van der Waals surface area contributed by atoms with E-state index in [1.165, 1.54) is 19.1 Å². The SMILES string of the molecule is CC(=O)c1cc(-c2ccc(Br)cc2F)n[nH]1. The van der Waals surface area contributed by atoms with E-state index in [0.29, 0.717) is 21.4 Å². The first-order valence-electron chi connectivity index (χ1n) is 4.59. The number of rotatable bonds is 2. The Morgan fingerprint density at radius 1 is 1.44 bits per heavy atom. The number of H-pyrrole nitrogens is 1. The van der Waals surface area contributed by atoms with Crippen molar-refractivity contribution >= 4 is 21.7 Å². The quantitative estimate of drug-likeness (QED) is 0.860. The van der Waals surface area contributed by atoms with Gasteiger partial charge in [-0.05, 0) is 24.3 Å². The Morgan fingerprint density at radius 3 is 2.75 bits per heavy atom. The van der Waals surface area contributed by atoms with Gasteiger partial charge in [-0.15, -0.1) is 0 Å². The molecule has 0 aliphatic rings. The average Bonchev–Trinajstić information content (AvgIpc) is 2.66. The van der Waals surface area contributed by atoms with Crippen LogP contribution in [0.3, 0.4) is 0 Å². The highest BCUT2D eigenvalue weighted by Gasteiger charge is 2.11. The number of carbonyl (C=O) groups excluding carboxylic acids is 1.